The van der Waals surface area contributed by atoms with Crippen molar-refractivity contribution in [3.8, 4) is 0 Å². The minimum Gasteiger partial charge on any atom is -0.349 e. The van der Waals surface area contributed by atoms with Gasteiger partial charge in [-0.05, 0) is 42.8 Å². The predicted molar refractivity (Wildman–Crippen MR) is 80.4 cm³/mol. The van der Waals surface area contributed by atoms with E-state index in [4.69, 9.17) is 0 Å². The van der Waals surface area contributed by atoms with Gasteiger partial charge in [-0.15, -0.1) is 4.40 Å². The molecular weight excluding hydrogens is 307 g/mol. The predicted octanol–water partition coefficient (Wildman–Crippen LogP) is 2.04. The molecule has 0 saturated carbocycles. The number of nitrogens with zero attached hydrogens (tertiary/aromatic N) is 2. The topological polar surface area (TPSA) is 83.5 Å². The fraction of sp³-hybridized carbons (Fsp3) is 0.143. The first kappa shape index (κ1) is 14.5. The monoisotopic (exact) mass is 320 g/mol. The molecule has 1 aliphatic rings. The first-order chi connectivity index (χ1) is 10.5. The third kappa shape index (κ3) is 2.77. The lowest BCUT2D eigenvalue weighted by Gasteiger charge is -2.22. The summed E-state index contributed by atoms with van der Waals surface area (Å²) in [6, 6.07) is 6.83. The van der Waals surface area contributed by atoms with Gasteiger partial charge in [-0.3, -0.25) is 4.98 Å². The standard InChI is InChI=1S/C14H13FN4O2S/c1-9(10-4-6-16-7-5-10)17-14-18-12-8-11(15)2-3-13(12)22(20,21)19-14/h2-9H,1H3,(H2,17,18,19). The number of halogens is 1. The average Bonchev–Trinajstić information content (AvgIpc) is 2.46. The van der Waals surface area contributed by atoms with Crippen LogP contribution < -0.4 is 10.6 Å². The second kappa shape index (κ2) is 5.38. The minimum atomic E-state index is -3.85. The molecule has 2 heterocycles. The van der Waals surface area contributed by atoms with Crippen LogP contribution in [0.3, 0.4) is 0 Å². The number of anilines is 1. The Bertz CT molecular complexity index is 837. The maximum Gasteiger partial charge on any atom is 0.287 e. The molecule has 6 nitrogen and oxygen atoms in total. The number of nitrogens with one attached hydrogen (secondary N) is 2. The number of rotatable bonds is 2. The van der Waals surface area contributed by atoms with Crippen LogP contribution in [0, 0.1) is 5.82 Å². The van der Waals surface area contributed by atoms with E-state index >= 15 is 0 Å². The molecule has 0 radical (unpaired) electrons. The summed E-state index contributed by atoms with van der Waals surface area (Å²) in [5.74, 6) is -0.465. The number of aromatic nitrogens is 1. The first-order valence-electron chi connectivity index (χ1n) is 6.54. The van der Waals surface area contributed by atoms with Gasteiger partial charge in [0.1, 0.15) is 10.7 Å². The Labute approximate surface area is 127 Å². The summed E-state index contributed by atoms with van der Waals surface area (Å²) < 4.78 is 41.2. The fourth-order valence-corrected chi connectivity index (χ4v) is 3.21. The van der Waals surface area contributed by atoms with Crippen LogP contribution in [-0.4, -0.2) is 19.4 Å². The van der Waals surface area contributed by atoms with E-state index in [0.717, 1.165) is 17.7 Å². The van der Waals surface area contributed by atoms with Gasteiger partial charge in [0.15, 0.2) is 0 Å². The second-order valence-electron chi connectivity index (χ2n) is 4.83. The smallest absolute Gasteiger partial charge is 0.287 e. The van der Waals surface area contributed by atoms with Crippen LogP contribution >= 0.6 is 0 Å². The van der Waals surface area contributed by atoms with Gasteiger partial charge in [-0.2, -0.15) is 8.42 Å². The van der Waals surface area contributed by atoms with Crippen molar-refractivity contribution in [1.82, 2.24) is 10.3 Å². The molecule has 2 N–H and O–H groups in total. The highest BCUT2D eigenvalue weighted by atomic mass is 32.2. The average molecular weight is 320 g/mol. The summed E-state index contributed by atoms with van der Waals surface area (Å²) in [4.78, 5) is 3.88. The molecular formula is C14H13FN4O2S. The molecule has 114 valence electrons. The van der Waals surface area contributed by atoms with E-state index in [0.29, 0.717) is 0 Å². The van der Waals surface area contributed by atoms with Gasteiger partial charge in [0.25, 0.3) is 10.0 Å². The minimum absolute atomic E-state index is 0.0454. The number of pyridine rings is 1. The van der Waals surface area contributed by atoms with Crippen LogP contribution in [-0.2, 0) is 10.0 Å². The summed E-state index contributed by atoms with van der Waals surface area (Å²) in [5.41, 5.74) is 1.08. The number of hydrogen-bond donors (Lipinski definition) is 2. The maximum atomic E-state index is 13.3. The molecule has 1 aromatic carbocycles. The van der Waals surface area contributed by atoms with E-state index in [-0.39, 0.29) is 22.6 Å². The lowest BCUT2D eigenvalue weighted by molar-refractivity contribution is 0.595. The molecule has 3 rings (SSSR count). The number of guanidine groups is 1. The van der Waals surface area contributed by atoms with Gasteiger partial charge >= 0.3 is 0 Å². The van der Waals surface area contributed by atoms with Crippen molar-refractivity contribution < 1.29 is 12.8 Å². The normalized spacial score (nSPS) is 16.9. The zero-order valence-electron chi connectivity index (χ0n) is 11.6. The molecule has 2 aromatic rings. The van der Waals surface area contributed by atoms with E-state index in [2.05, 4.69) is 20.0 Å². The van der Waals surface area contributed by atoms with Crippen molar-refractivity contribution in [3.05, 3.63) is 54.1 Å². The third-order valence-electron chi connectivity index (χ3n) is 3.24. The summed E-state index contributed by atoms with van der Waals surface area (Å²) in [5, 5.41) is 5.76. The zero-order chi connectivity index (χ0) is 15.7. The molecule has 0 spiro atoms. The van der Waals surface area contributed by atoms with Crippen molar-refractivity contribution in [1.29, 1.82) is 0 Å². The Hall–Kier alpha value is -2.48. The Kier molecular flexibility index (Phi) is 3.53. The molecule has 0 fully saturated rings. The van der Waals surface area contributed by atoms with Gasteiger partial charge < -0.3 is 10.6 Å². The fourth-order valence-electron chi connectivity index (χ4n) is 2.15. The summed E-state index contributed by atoms with van der Waals surface area (Å²) >= 11 is 0. The lowest BCUT2D eigenvalue weighted by atomic mass is 10.1. The van der Waals surface area contributed by atoms with Crippen molar-refractivity contribution >= 4 is 21.7 Å². The molecule has 0 bridgehead atoms. The molecule has 0 amide bonds. The summed E-state index contributed by atoms with van der Waals surface area (Å²) in [6.45, 7) is 1.85. The number of benzene rings is 1. The van der Waals surface area contributed by atoms with E-state index in [9.17, 15) is 12.8 Å². The molecule has 1 atom stereocenters. The molecule has 0 aliphatic carbocycles. The van der Waals surface area contributed by atoms with Crippen molar-refractivity contribution in [2.45, 2.75) is 17.9 Å². The maximum absolute atomic E-state index is 13.3. The van der Waals surface area contributed by atoms with Gasteiger partial charge in [0.05, 0.1) is 11.7 Å². The van der Waals surface area contributed by atoms with Gasteiger partial charge in [-0.25, -0.2) is 4.39 Å². The highest BCUT2D eigenvalue weighted by molar-refractivity contribution is 7.90. The van der Waals surface area contributed by atoms with Crippen LogP contribution in [0.15, 0.2) is 52.0 Å². The number of hydrogen-bond acceptors (Lipinski definition) is 5. The Morgan fingerprint density at radius 2 is 1.95 bits per heavy atom. The molecule has 8 heteroatoms. The highest BCUT2D eigenvalue weighted by Crippen LogP contribution is 2.27. The molecule has 0 saturated heterocycles. The molecule has 1 aliphatic heterocycles. The van der Waals surface area contributed by atoms with E-state index in [1.165, 1.54) is 6.07 Å². The van der Waals surface area contributed by atoms with Crippen molar-refractivity contribution in [2.75, 3.05) is 5.32 Å². The van der Waals surface area contributed by atoms with Crippen molar-refractivity contribution in [2.24, 2.45) is 4.40 Å². The van der Waals surface area contributed by atoms with Gasteiger partial charge in [0, 0.05) is 12.4 Å². The number of sulfonamides is 1. The first-order valence-corrected chi connectivity index (χ1v) is 7.98. The van der Waals surface area contributed by atoms with Crippen LogP contribution in [0.1, 0.15) is 18.5 Å². The second-order valence-corrected chi connectivity index (χ2v) is 6.40. The SMILES string of the molecule is CC(NC1=NS(=O)(=O)c2ccc(F)cc2N1)c1ccncc1. The molecule has 1 aromatic heterocycles. The van der Waals surface area contributed by atoms with Crippen LogP contribution in [0.25, 0.3) is 0 Å². The molecule has 22 heavy (non-hydrogen) atoms. The van der Waals surface area contributed by atoms with Crippen molar-refractivity contribution in [3.63, 3.8) is 0 Å². The number of fused-ring (bicyclic) bond motifs is 1. The Morgan fingerprint density at radius 1 is 1.23 bits per heavy atom. The van der Waals surface area contributed by atoms with E-state index < -0.39 is 15.8 Å². The zero-order valence-corrected chi connectivity index (χ0v) is 12.4. The Balaban J connectivity index is 1.89. The van der Waals surface area contributed by atoms with E-state index in [1.54, 1.807) is 12.4 Å². The van der Waals surface area contributed by atoms with Gasteiger partial charge in [-0.1, -0.05) is 0 Å². The lowest BCUT2D eigenvalue weighted by Crippen LogP contribution is -2.36. The largest absolute Gasteiger partial charge is 0.349 e. The van der Waals surface area contributed by atoms with Crippen LogP contribution in [0.2, 0.25) is 0 Å². The highest BCUT2D eigenvalue weighted by Gasteiger charge is 2.26. The quantitative estimate of drug-likeness (QED) is 0.885. The molecule has 1 unspecified atom stereocenters. The van der Waals surface area contributed by atoms with Crippen LogP contribution in [0.4, 0.5) is 10.1 Å². The third-order valence-corrected chi connectivity index (χ3v) is 4.58. The van der Waals surface area contributed by atoms with Crippen LogP contribution in [0.5, 0.6) is 0 Å². The summed E-state index contributed by atoms with van der Waals surface area (Å²) in [6.07, 6.45) is 3.29. The van der Waals surface area contributed by atoms with E-state index in [1.807, 2.05) is 19.1 Å². The summed E-state index contributed by atoms with van der Waals surface area (Å²) in [7, 11) is -3.85. The Morgan fingerprint density at radius 3 is 2.68 bits per heavy atom. The van der Waals surface area contributed by atoms with Gasteiger partial charge in [0.2, 0.25) is 5.96 Å².